The Hall–Kier alpha value is -1.51. The van der Waals surface area contributed by atoms with Crippen molar-refractivity contribution >= 4 is 11.6 Å². The number of hydrogen-bond acceptors (Lipinski definition) is 2. The smallest absolute Gasteiger partial charge is 0.222 e. The number of amides is 1. The van der Waals surface area contributed by atoms with Gasteiger partial charge in [-0.15, -0.1) is 0 Å². The van der Waals surface area contributed by atoms with Gasteiger partial charge in [-0.1, -0.05) is 26.0 Å². The van der Waals surface area contributed by atoms with E-state index in [1.165, 1.54) is 11.3 Å². The monoisotopic (exact) mass is 274 g/mol. The van der Waals surface area contributed by atoms with Crippen LogP contribution in [0.2, 0.25) is 0 Å². The first-order chi connectivity index (χ1) is 9.54. The molecule has 3 heteroatoms. The molecule has 0 saturated carbocycles. The predicted molar refractivity (Wildman–Crippen MR) is 83.9 cm³/mol. The van der Waals surface area contributed by atoms with Gasteiger partial charge in [0, 0.05) is 31.2 Å². The normalized spacial score (nSPS) is 16.5. The molecule has 0 spiro atoms. The summed E-state index contributed by atoms with van der Waals surface area (Å²) in [4.78, 5) is 14.0. The lowest BCUT2D eigenvalue weighted by Gasteiger charge is -2.33. The van der Waals surface area contributed by atoms with E-state index in [4.69, 9.17) is 0 Å². The fourth-order valence-corrected chi connectivity index (χ4v) is 2.72. The van der Waals surface area contributed by atoms with Gasteiger partial charge in [0.1, 0.15) is 0 Å². The molecule has 110 valence electrons. The van der Waals surface area contributed by atoms with Crippen molar-refractivity contribution in [2.75, 3.05) is 18.4 Å². The molecule has 1 amide bonds. The maximum atomic E-state index is 12.0. The van der Waals surface area contributed by atoms with Gasteiger partial charge >= 0.3 is 0 Å². The third kappa shape index (κ3) is 4.26. The molecule has 1 aliphatic heterocycles. The Kier molecular flexibility index (Phi) is 5.05. The van der Waals surface area contributed by atoms with Crippen LogP contribution >= 0.6 is 0 Å². The summed E-state index contributed by atoms with van der Waals surface area (Å²) in [6.07, 6.45) is 2.76. The molecule has 1 aromatic carbocycles. The maximum Gasteiger partial charge on any atom is 0.222 e. The predicted octanol–water partition coefficient (Wildman–Crippen LogP) is 3.44. The molecule has 0 bridgehead atoms. The lowest BCUT2D eigenvalue weighted by Crippen LogP contribution is -2.42. The second kappa shape index (κ2) is 6.78. The third-order valence-electron chi connectivity index (χ3n) is 3.82. The highest BCUT2D eigenvalue weighted by Gasteiger charge is 2.22. The van der Waals surface area contributed by atoms with Crippen molar-refractivity contribution in [3.63, 3.8) is 0 Å². The number of anilines is 1. The first-order valence-corrected chi connectivity index (χ1v) is 7.65. The number of carbonyl (C=O) groups is 1. The number of likely N-dealkylation sites (tertiary alicyclic amines) is 1. The van der Waals surface area contributed by atoms with E-state index in [0.29, 0.717) is 24.3 Å². The highest BCUT2D eigenvalue weighted by molar-refractivity contribution is 5.76. The largest absolute Gasteiger partial charge is 0.382 e. The molecule has 0 atom stereocenters. The third-order valence-corrected chi connectivity index (χ3v) is 3.82. The van der Waals surface area contributed by atoms with Gasteiger partial charge < -0.3 is 10.2 Å². The van der Waals surface area contributed by atoms with Gasteiger partial charge in [0.2, 0.25) is 5.91 Å². The summed E-state index contributed by atoms with van der Waals surface area (Å²) in [5.74, 6) is 0.764. The molecule has 2 rings (SSSR count). The van der Waals surface area contributed by atoms with Gasteiger partial charge in [-0.25, -0.2) is 0 Å². The van der Waals surface area contributed by atoms with Crippen molar-refractivity contribution in [2.45, 2.75) is 46.1 Å². The Morgan fingerprint density at radius 3 is 2.65 bits per heavy atom. The Morgan fingerprint density at radius 2 is 2.05 bits per heavy atom. The van der Waals surface area contributed by atoms with Crippen LogP contribution in [-0.4, -0.2) is 29.9 Å². The highest BCUT2D eigenvalue weighted by Crippen LogP contribution is 2.18. The summed E-state index contributed by atoms with van der Waals surface area (Å²) in [6, 6.07) is 8.97. The van der Waals surface area contributed by atoms with E-state index in [1.54, 1.807) is 0 Å². The zero-order valence-electron chi connectivity index (χ0n) is 12.9. The first-order valence-electron chi connectivity index (χ1n) is 7.65. The van der Waals surface area contributed by atoms with Crippen molar-refractivity contribution < 1.29 is 4.79 Å². The molecule has 0 aliphatic carbocycles. The van der Waals surface area contributed by atoms with Crippen LogP contribution in [0.3, 0.4) is 0 Å². The maximum absolute atomic E-state index is 12.0. The number of nitrogens with one attached hydrogen (secondary N) is 1. The minimum atomic E-state index is 0.314. The fourth-order valence-electron chi connectivity index (χ4n) is 2.72. The topological polar surface area (TPSA) is 32.3 Å². The van der Waals surface area contributed by atoms with Crippen LogP contribution in [0.4, 0.5) is 5.69 Å². The van der Waals surface area contributed by atoms with Crippen molar-refractivity contribution in [2.24, 2.45) is 5.92 Å². The quantitative estimate of drug-likeness (QED) is 0.912. The molecular weight excluding hydrogens is 248 g/mol. The van der Waals surface area contributed by atoms with Crippen LogP contribution in [-0.2, 0) is 4.79 Å². The van der Waals surface area contributed by atoms with E-state index in [1.807, 2.05) is 4.90 Å². The number of nitrogens with zero attached hydrogens (tertiary/aromatic N) is 1. The zero-order chi connectivity index (χ0) is 14.5. The molecule has 0 aromatic heterocycles. The van der Waals surface area contributed by atoms with E-state index in [9.17, 15) is 4.79 Å². The summed E-state index contributed by atoms with van der Waals surface area (Å²) in [6.45, 7) is 8.08. The Morgan fingerprint density at radius 1 is 1.35 bits per heavy atom. The minimum Gasteiger partial charge on any atom is -0.382 e. The van der Waals surface area contributed by atoms with Crippen LogP contribution in [0.1, 0.15) is 38.7 Å². The molecular formula is C17H26N2O. The molecule has 1 aromatic rings. The van der Waals surface area contributed by atoms with Crippen LogP contribution in [0.5, 0.6) is 0 Å². The van der Waals surface area contributed by atoms with Gasteiger partial charge in [0.05, 0.1) is 0 Å². The van der Waals surface area contributed by atoms with Gasteiger partial charge in [0.25, 0.3) is 0 Å². The number of benzene rings is 1. The molecule has 1 fully saturated rings. The van der Waals surface area contributed by atoms with Crippen molar-refractivity contribution in [1.29, 1.82) is 0 Å². The van der Waals surface area contributed by atoms with Crippen molar-refractivity contribution in [3.05, 3.63) is 29.8 Å². The molecule has 20 heavy (non-hydrogen) atoms. The second-order valence-electron chi connectivity index (χ2n) is 6.27. The Balaban J connectivity index is 1.81. The fraction of sp³-hybridized carbons (Fsp3) is 0.588. The molecule has 1 saturated heterocycles. The molecule has 1 aliphatic rings. The summed E-state index contributed by atoms with van der Waals surface area (Å²) in [7, 11) is 0. The summed E-state index contributed by atoms with van der Waals surface area (Å²) < 4.78 is 0. The molecule has 0 radical (unpaired) electrons. The van der Waals surface area contributed by atoms with Gasteiger partial charge in [-0.3, -0.25) is 4.79 Å². The lowest BCUT2D eigenvalue weighted by atomic mass is 10.0. The van der Waals surface area contributed by atoms with E-state index >= 15 is 0 Å². The van der Waals surface area contributed by atoms with Crippen molar-refractivity contribution in [1.82, 2.24) is 4.90 Å². The minimum absolute atomic E-state index is 0.314. The SMILES string of the molecule is Cc1cccc(NC2CCN(C(=O)CC(C)C)CC2)c1. The standard InChI is InChI=1S/C17H26N2O/c1-13(2)11-17(20)19-9-7-15(8-10-19)18-16-6-4-5-14(3)12-16/h4-6,12-13,15,18H,7-11H2,1-3H3. The van der Waals surface area contributed by atoms with E-state index in [-0.39, 0.29) is 0 Å². The van der Waals surface area contributed by atoms with Gasteiger partial charge in [-0.2, -0.15) is 0 Å². The number of piperidine rings is 1. The van der Waals surface area contributed by atoms with E-state index in [0.717, 1.165) is 25.9 Å². The van der Waals surface area contributed by atoms with E-state index < -0.39 is 0 Å². The summed E-state index contributed by atoms with van der Waals surface area (Å²) >= 11 is 0. The highest BCUT2D eigenvalue weighted by atomic mass is 16.2. The summed E-state index contributed by atoms with van der Waals surface area (Å²) in [5, 5.41) is 3.58. The molecule has 1 N–H and O–H groups in total. The van der Waals surface area contributed by atoms with Crippen LogP contribution < -0.4 is 5.32 Å². The zero-order valence-corrected chi connectivity index (χ0v) is 12.9. The number of hydrogen-bond donors (Lipinski definition) is 1. The van der Waals surface area contributed by atoms with Crippen molar-refractivity contribution in [3.8, 4) is 0 Å². The molecule has 1 heterocycles. The van der Waals surface area contributed by atoms with Crippen LogP contribution in [0.25, 0.3) is 0 Å². The van der Waals surface area contributed by atoms with Gasteiger partial charge in [-0.05, 0) is 43.4 Å². The van der Waals surface area contributed by atoms with E-state index in [2.05, 4.69) is 50.4 Å². The lowest BCUT2D eigenvalue weighted by molar-refractivity contribution is -0.132. The molecule has 3 nitrogen and oxygen atoms in total. The number of aryl methyl sites for hydroxylation is 1. The van der Waals surface area contributed by atoms with Crippen LogP contribution in [0.15, 0.2) is 24.3 Å². The molecule has 0 unspecified atom stereocenters. The van der Waals surface area contributed by atoms with Crippen LogP contribution in [0, 0.1) is 12.8 Å². The first kappa shape index (κ1) is 14.9. The van der Waals surface area contributed by atoms with Gasteiger partial charge in [0.15, 0.2) is 0 Å². The second-order valence-corrected chi connectivity index (χ2v) is 6.27. The number of rotatable bonds is 4. The average molecular weight is 274 g/mol. The number of carbonyl (C=O) groups excluding carboxylic acids is 1. The Labute approximate surface area is 122 Å². The summed E-state index contributed by atoms with van der Waals surface area (Å²) in [5.41, 5.74) is 2.47. The Bertz CT molecular complexity index is 448. The average Bonchev–Trinajstić information content (AvgIpc) is 2.38.